The first-order valence-corrected chi connectivity index (χ1v) is 8.17. The van der Waals surface area contributed by atoms with Crippen LogP contribution in [0.1, 0.15) is 43.2 Å². The first-order valence-electron chi connectivity index (χ1n) is 8.17. The Kier molecular flexibility index (Phi) is 3.63. The molecule has 5 heteroatoms. The van der Waals surface area contributed by atoms with Crippen molar-refractivity contribution in [1.29, 1.82) is 0 Å². The fourth-order valence-corrected chi connectivity index (χ4v) is 3.62. The van der Waals surface area contributed by atoms with Gasteiger partial charge in [-0.05, 0) is 55.4 Å². The predicted octanol–water partition coefficient (Wildman–Crippen LogP) is 3.46. The van der Waals surface area contributed by atoms with E-state index in [0.717, 1.165) is 31.2 Å². The van der Waals surface area contributed by atoms with E-state index in [4.69, 9.17) is 4.74 Å². The van der Waals surface area contributed by atoms with Gasteiger partial charge in [0.2, 0.25) is 0 Å². The van der Waals surface area contributed by atoms with Gasteiger partial charge in [-0.3, -0.25) is 9.48 Å². The van der Waals surface area contributed by atoms with E-state index in [9.17, 15) is 9.18 Å². The molecule has 0 aliphatic heterocycles. The molecular formula is C18H19FN2O2. The van der Waals surface area contributed by atoms with Crippen molar-refractivity contribution < 1.29 is 13.9 Å². The fourth-order valence-electron chi connectivity index (χ4n) is 3.62. The Morgan fingerprint density at radius 2 is 2.22 bits per heavy atom. The van der Waals surface area contributed by atoms with Crippen LogP contribution in [-0.4, -0.2) is 21.9 Å². The monoisotopic (exact) mass is 314 g/mol. The van der Waals surface area contributed by atoms with Crippen LogP contribution < -0.4 is 0 Å². The van der Waals surface area contributed by atoms with Gasteiger partial charge in [0.25, 0.3) is 0 Å². The fraction of sp³-hybridized carbons (Fsp3) is 0.444. The zero-order chi connectivity index (χ0) is 15.8. The van der Waals surface area contributed by atoms with E-state index < -0.39 is 0 Å². The number of rotatable bonds is 4. The van der Waals surface area contributed by atoms with E-state index in [0.29, 0.717) is 0 Å². The maximum absolute atomic E-state index is 13.3. The molecule has 0 radical (unpaired) electrons. The van der Waals surface area contributed by atoms with Crippen molar-refractivity contribution in [3.8, 4) is 0 Å². The Morgan fingerprint density at radius 1 is 1.30 bits per heavy atom. The summed E-state index contributed by atoms with van der Waals surface area (Å²) in [4.78, 5) is 12.4. The molecule has 4 atom stereocenters. The van der Waals surface area contributed by atoms with Gasteiger partial charge in [-0.25, -0.2) is 4.39 Å². The molecule has 2 fully saturated rings. The topological polar surface area (TPSA) is 44.1 Å². The lowest BCUT2D eigenvalue weighted by atomic mass is 10.1. The average Bonchev–Trinajstić information content (AvgIpc) is 2.93. The molecule has 2 aliphatic rings. The Labute approximate surface area is 134 Å². The Morgan fingerprint density at radius 3 is 3.00 bits per heavy atom. The van der Waals surface area contributed by atoms with Gasteiger partial charge in [0, 0.05) is 12.4 Å². The van der Waals surface area contributed by atoms with Crippen LogP contribution in [0.5, 0.6) is 0 Å². The highest BCUT2D eigenvalue weighted by Gasteiger charge is 2.47. The van der Waals surface area contributed by atoms with Crippen LogP contribution in [-0.2, 0) is 9.53 Å². The minimum atomic E-state index is -0.254. The average molecular weight is 314 g/mol. The van der Waals surface area contributed by atoms with E-state index >= 15 is 0 Å². The number of nitrogens with zero attached hydrogens (tertiary/aromatic N) is 2. The molecule has 1 aromatic heterocycles. The van der Waals surface area contributed by atoms with Crippen molar-refractivity contribution in [2.75, 3.05) is 0 Å². The van der Waals surface area contributed by atoms with Crippen molar-refractivity contribution in [3.05, 3.63) is 54.1 Å². The van der Waals surface area contributed by atoms with Crippen molar-refractivity contribution in [2.24, 2.45) is 5.92 Å². The van der Waals surface area contributed by atoms with Crippen LogP contribution in [0.15, 0.2) is 42.7 Å². The molecule has 0 amide bonds. The van der Waals surface area contributed by atoms with E-state index in [-0.39, 0.29) is 35.8 Å². The molecule has 0 bridgehead atoms. The van der Waals surface area contributed by atoms with Crippen LogP contribution in [0.2, 0.25) is 0 Å². The third-order valence-electron chi connectivity index (χ3n) is 4.92. The van der Waals surface area contributed by atoms with Gasteiger partial charge in [0.15, 0.2) is 0 Å². The van der Waals surface area contributed by atoms with Crippen molar-refractivity contribution in [2.45, 2.75) is 43.7 Å². The molecule has 2 aliphatic carbocycles. The number of carbonyl (C=O) groups excluding carboxylic acids is 1. The largest absolute Gasteiger partial charge is 0.460 e. The predicted molar refractivity (Wildman–Crippen MR) is 82.2 cm³/mol. The lowest BCUT2D eigenvalue weighted by Gasteiger charge is -2.20. The minimum Gasteiger partial charge on any atom is -0.460 e. The highest BCUT2D eigenvalue weighted by Crippen LogP contribution is 2.49. The van der Waals surface area contributed by atoms with Gasteiger partial charge in [-0.2, -0.15) is 5.10 Å². The van der Waals surface area contributed by atoms with Crippen LogP contribution in [0, 0.1) is 11.7 Å². The second-order valence-corrected chi connectivity index (χ2v) is 6.46. The molecule has 4 rings (SSSR count). The summed E-state index contributed by atoms with van der Waals surface area (Å²) < 4.78 is 20.9. The summed E-state index contributed by atoms with van der Waals surface area (Å²) in [5.41, 5.74) is 0.891. The van der Waals surface area contributed by atoms with Gasteiger partial charge in [-0.15, -0.1) is 0 Å². The standard InChI is InChI=1S/C18H19FN2O2/c19-13-5-1-4-12(10-13)14-11-15(14)18(22)23-17-7-2-6-16(17)21-9-3-8-20-21/h1,3-5,8-10,14-17H,2,6-7,11H2/t14-,15+,16+,17+/m0/s1. The zero-order valence-electron chi connectivity index (χ0n) is 12.8. The van der Waals surface area contributed by atoms with Crippen molar-refractivity contribution in [1.82, 2.24) is 9.78 Å². The number of halogens is 1. The van der Waals surface area contributed by atoms with E-state index in [1.165, 1.54) is 12.1 Å². The first-order chi connectivity index (χ1) is 11.2. The second kappa shape index (κ2) is 5.80. The molecule has 0 unspecified atom stereocenters. The van der Waals surface area contributed by atoms with Crippen molar-refractivity contribution in [3.63, 3.8) is 0 Å². The third kappa shape index (κ3) is 2.87. The van der Waals surface area contributed by atoms with E-state index in [1.54, 1.807) is 12.3 Å². The molecular weight excluding hydrogens is 295 g/mol. The molecule has 0 saturated heterocycles. The van der Waals surface area contributed by atoms with Crippen molar-refractivity contribution >= 4 is 5.97 Å². The molecule has 120 valence electrons. The van der Waals surface area contributed by atoms with E-state index in [2.05, 4.69) is 5.10 Å². The molecule has 4 nitrogen and oxygen atoms in total. The van der Waals surface area contributed by atoms with Crippen LogP contribution in [0.25, 0.3) is 0 Å². The normalized spacial score (nSPS) is 29.4. The summed E-state index contributed by atoms with van der Waals surface area (Å²) in [6.07, 6.45) is 7.23. The number of benzene rings is 1. The van der Waals surface area contributed by atoms with E-state index in [1.807, 2.05) is 23.0 Å². The number of ether oxygens (including phenoxy) is 1. The summed E-state index contributed by atoms with van der Waals surface area (Å²) in [5.74, 6) is -0.433. The number of hydrogen-bond donors (Lipinski definition) is 0. The first kappa shape index (κ1) is 14.4. The molecule has 1 heterocycles. The number of aromatic nitrogens is 2. The van der Waals surface area contributed by atoms with Gasteiger partial charge >= 0.3 is 5.97 Å². The molecule has 23 heavy (non-hydrogen) atoms. The summed E-state index contributed by atoms with van der Waals surface area (Å²) in [6.45, 7) is 0. The lowest BCUT2D eigenvalue weighted by Crippen LogP contribution is -2.26. The summed E-state index contributed by atoms with van der Waals surface area (Å²) in [7, 11) is 0. The molecule has 2 saturated carbocycles. The quantitative estimate of drug-likeness (QED) is 0.812. The number of hydrogen-bond acceptors (Lipinski definition) is 3. The molecule has 0 spiro atoms. The van der Waals surface area contributed by atoms with Gasteiger partial charge in [-0.1, -0.05) is 12.1 Å². The molecule has 1 aromatic carbocycles. The highest BCUT2D eigenvalue weighted by atomic mass is 19.1. The maximum atomic E-state index is 13.3. The smallest absolute Gasteiger partial charge is 0.309 e. The summed E-state index contributed by atoms with van der Waals surface area (Å²) in [6, 6.07) is 8.53. The van der Waals surface area contributed by atoms with Crippen LogP contribution in [0.3, 0.4) is 0 Å². The number of esters is 1. The third-order valence-corrected chi connectivity index (χ3v) is 4.92. The highest BCUT2D eigenvalue weighted by molar-refractivity contribution is 5.77. The van der Waals surface area contributed by atoms with Gasteiger partial charge < -0.3 is 4.74 Å². The minimum absolute atomic E-state index is 0.0998. The van der Waals surface area contributed by atoms with Gasteiger partial charge in [0.1, 0.15) is 11.9 Å². The lowest BCUT2D eigenvalue weighted by molar-refractivity contribution is -0.152. The summed E-state index contributed by atoms with van der Waals surface area (Å²) in [5, 5.41) is 4.27. The Balaban J connectivity index is 1.39. The molecule has 0 N–H and O–H groups in total. The summed E-state index contributed by atoms with van der Waals surface area (Å²) >= 11 is 0. The second-order valence-electron chi connectivity index (χ2n) is 6.46. The SMILES string of the molecule is O=C(O[C@@H]1CCC[C@H]1n1cccn1)[C@@H]1C[C@H]1c1cccc(F)c1. The van der Waals surface area contributed by atoms with Gasteiger partial charge in [0.05, 0.1) is 12.0 Å². The Bertz CT molecular complexity index is 701. The van der Waals surface area contributed by atoms with Crippen LogP contribution >= 0.6 is 0 Å². The van der Waals surface area contributed by atoms with Crippen LogP contribution in [0.4, 0.5) is 4.39 Å². The Hall–Kier alpha value is -2.17. The number of carbonyl (C=O) groups is 1. The zero-order valence-corrected chi connectivity index (χ0v) is 12.8. The maximum Gasteiger partial charge on any atom is 0.309 e. The molecule has 2 aromatic rings.